The fourth-order valence-corrected chi connectivity index (χ4v) is 2.51. The van der Waals surface area contributed by atoms with E-state index in [2.05, 4.69) is 0 Å². The number of aryl methyl sites for hydroxylation is 2. The molecule has 0 spiro atoms. The maximum atomic E-state index is 13.8. The van der Waals surface area contributed by atoms with Gasteiger partial charge in [-0.05, 0) is 56.2 Å². The summed E-state index contributed by atoms with van der Waals surface area (Å²) in [6, 6.07) is 8.06. The van der Waals surface area contributed by atoms with Crippen LogP contribution < -0.4 is 4.74 Å². The maximum Gasteiger partial charge on any atom is 0.136 e. The minimum atomic E-state index is -0.945. The van der Waals surface area contributed by atoms with Gasteiger partial charge >= 0.3 is 0 Å². The lowest BCUT2D eigenvalue weighted by Crippen LogP contribution is -2.01. The molecule has 0 heterocycles. The lowest BCUT2D eigenvalue weighted by atomic mass is 10.1. The van der Waals surface area contributed by atoms with Crippen LogP contribution in [0.25, 0.3) is 0 Å². The molecule has 0 fully saturated rings. The summed E-state index contributed by atoms with van der Waals surface area (Å²) < 4.78 is 19.6. The summed E-state index contributed by atoms with van der Waals surface area (Å²) in [5.41, 5.74) is 1.87. The van der Waals surface area contributed by atoms with Crippen molar-refractivity contribution in [1.82, 2.24) is 0 Å². The van der Waals surface area contributed by atoms with Crippen LogP contribution >= 0.6 is 11.6 Å². The minimum Gasteiger partial charge on any atom is -0.456 e. The van der Waals surface area contributed by atoms with Gasteiger partial charge < -0.3 is 9.84 Å². The Kier molecular flexibility index (Phi) is 4.31. The molecular weight excluding hydrogens is 279 g/mol. The predicted octanol–water partition coefficient (Wildman–Crippen LogP) is 4.94. The fourth-order valence-electron chi connectivity index (χ4n) is 2.18. The highest BCUT2D eigenvalue weighted by atomic mass is 35.5. The van der Waals surface area contributed by atoms with Crippen molar-refractivity contribution in [2.24, 2.45) is 0 Å². The molecule has 0 radical (unpaired) electrons. The van der Waals surface area contributed by atoms with Crippen LogP contribution in [0.15, 0.2) is 30.3 Å². The summed E-state index contributed by atoms with van der Waals surface area (Å²) in [4.78, 5) is 0. The van der Waals surface area contributed by atoms with E-state index in [9.17, 15) is 9.50 Å². The van der Waals surface area contributed by atoms with Crippen molar-refractivity contribution in [2.45, 2.75) is 26.9 Å². The molecule has 0 saturated heterocycles. The molecule has 106 valence electrons. The van der Waals surface area contributed by atoms with Gasteiger partial charge in [-0.25, -0.2) is 4.39 Å². The summed E-state index contributed by atoms with van der Waals surface area (Å²) >= 11 is 5.98. The highest BCUT2D eigenvalue weighted by Gasteiger charge is 2.17. The van der Waals surface area contributed by atoms with Crippen LogP contribution in [0.2, 0.25) is 5.02 Å². The summed E-state index contributed by atoms with van der Waals surface area (Å²) in [6.45, 7) is 5.25. The van der Waals surface area contributed by atoms with E-state index in [1.165, 1.54) is 13.0 Å². The summed E-state index contributed by atoms with van der Waals surface area (Å²) in [5.74, 6) is 0.456. The Morgan fingerprint density at radius 3 is 2.35 bits per heavy atom. The zero-order valence-corrected chi connectivity index (χ0v) is 12.3. The molecule has 0 amide bonds. The molecule has 2 rings (SSSR count). The molecule has 0 aliphatic carbocycles. The van der Waals surface area contributed by atoms with Gasteiger partial charge in [0.25, 0.3) is 0 Å². The van der Waals surface area contributed by atoms with E-state index in [1.54, 1.807) is 24.3 Å². The average molecular weight is 295 g/mol. The molecule has 2 nitrogen and oxygen atoms in total. The number of halogens is 2. The van der Waals surface area contributed by atoms with Crippen LogP contribution in [0, 0.1) is 19.7 Å². The highest BCUT2D eigenvalue weighted by Crippen LogP contribution is 2.35. The summed E-state index contributed by atoms with van der Waals surface area (Å²) in [6.07, 6.45) is -0.945. The van der Waals surface area contributed by atoms with E-state index in [1.807, 2.05) is 13.8 Å². The molecule has 2 aromatic carbocycles. The van der Waals surface area contributed by atoms with E-state index in [4.69, 9.17) is 16.3 Å². The van der Waals surface area contributed by atoms with Crippen molar-refractivity contribution in [2.75, 3.05) is 0 Å². The molecular formula is C16H16ClFO2. The number of rotatable bonds is 3. The number of hydrogen-bond acceptors (Lipinski definition) is 2. The molecule has 0 saturated carbocycles. The van der Waals surface area contributed by atoms with Gasteiger partial charge in [-0.2, -0.15) is 0 Å². The van der Waals surface area contributed by atoms with Crippen LogP contribution in [0.4, 0.5) is 4.39 Å². The maximum absolute atomic E-state index is 13.8. The third-order valence-electron chi connectivity index (χ3n) is 3.07. The van der Waals surface area contributed by atoms with Crippen molar-refractivity contribution >= 4 is 11.6 Å². The van der Waals surface area contributed by atoms with E-state index in [0.717, 1.165) is 11.1 Å². The normalized spacial score (nSPS) is 12.3. The average Bonchev–Trinajstić information content (AvgIpc) is 2.33. The third-order valence-corrected chi connectivity index (χ3v) is 3.29. The second-order valence-corrected chi connectivity index (χ2v) is 5.23. The van der Waals surface area contributed by atoms with E-state index in [-0.39, 0.29) is 5.56 Å². The second kappa shape index (κ2) is 5.81. The fraction of sp³-hybridized carbons (Fsp3) is 0.250. The monoisotopic (exact) mass is 294 g/mol. The Hall–Kier alpha value is -1.58. The first-order valence-electron chi connectivity index (χ1n) is 6.31. The summed E-state index contributed by atoms with van der Waals surface area (Å²) in [5, 5.41) is 10.3. The largest absolute Gasteiger partial charge is 0.456 e. The standard InChI is InChI=1S/C16H16ClFO2/c1-9-7-12(17)8-10(2)16(9)20-14-6-4-5-13(18)15(14)11(3)19/h4-8,11,19H,1-3H3/t11-/m0/s1. The van der Waals surface area contributed by atoms with Gasteiger partial charge in [-0.1, -0.05) is 17.7 Å². The molecule has 4 heteroatoms. The summed E-state index contributed by atoms with van der Waals surface area (Å²) in [7, 11) is 0. The quantitative estimate of drug-likeness (QED) is 0.868. The molecule has 0 unspecified atom stereocenters. The van der Waals surface area contributed by atoms with Crippen LogP contribution in [0.1, 0.15) is 29.7 Å². The van der Waals surface area contributed by atoms with Gasteiger partial charge in [0.05, 0.1) is 11.7 Å². The number of ether oxygens (including phenoxy) is 1. The van der Waals surface area contributed by atoms with Gasteiger partial charge in [0.1, 0.15) is 17.3 Å². The number of hydrogen-bond donors (Lipinski definition) is 1. The lowest BCUT2D eigenvalue weighted by Gasteiger charge is -2.17. The Morgan fingerprint density at radius 1 is 1.20 bits per heavy atom. The van der Waals surface area contributed by atoms with Gasteiger partial charge in [-0.3, -0.25) is 0 Å². The topological polar surface area (TPSA) is 29.5 Å². The predicted molar refractivity (Wildman–Crippen MR) is 78.0 cm³/mol. The van der Waals surface area contributed by atoms with Gasteiger partial charge in [0.15, 0.2) is 0 Å². The van der Waals surface area contributed by atoms with Crippen LogP contribution in [0.5, 0.6) is 11.5 Å². The van der Waals surface area contributed by atoms with E-state index >= 15 is 0 Å². The Bertz CT molecular complexity index is 615. The number of aliphatic hydroxyl groups excluding tert-OH is 1. The highest BCUT2D eigenvalue weighted by molar-refractivity contribution is 6.30. The SMILES string of the molecule is Cc1cc(Cl)cc(C)c1Oc1cccc(F)c1[C@H](C)O. The van der Waals surface area contributed by atoms with Crippen molar-refractivity contribution in [3.8, 4) is 11.5 Å². The Balaban J connectivity index is 2.48. The molecule has 0 aliphatic heterocycles. The van der Waals surface area contributed by atoms with Crippen molar-refractivity contribution < 1.29 is 14.2 Å². The molecule has 1 atom stereocenters. The molecule has 0 aliphatic rings. The molecule has 20 heavy (non-hydrogen) atoms. The third kappa shape index (κ3) is 2.94. The van der Waals surface area contributed by atoms with Gasteiger partial charge in [-0.15, -0.1) is 0 Å². The molecule has 2 aromatic rings. The first-order valence-corrected chi connectivity index (χ1v) is 6.69. The van der Waals surface area contributed by atoms with Crippen molar-refractivity contribution in [3.05, 3.63) is 57.9 Å². The van der Waals surface area contributed by atoms with Crippen LogP contribution in [-0.2, 0) is 0 Å². The molecule has 0 bridgehead atoms. The second-order valence-electron chi connectivity index (χ2n) is 4.80. The molecule has 0 aromatic heterocycles. The van der Waals surface area contributed by atoms with Crippen LogP contribution in [0.3, 0.4) is 0 Å². The van der Waals surface area contributed by atoms with Crippen LogP contribution in [-0.4, -0.2) is 5.11 Å². The number of benzene rings is 2. The first-order chi connectivity index (χ1) is 9.40. The van der Waals surface area contributed by atoms with E-state index in [0.29, 0.717) is 16.5 Å². The first kappa shape index (κ1) is 14.8. The van der Waals surface area contributed by atoms with Crippen molar-refractivity contribution in [3.63, 3.8) is 0 Å². The van der Waals surface area contributed by atoms with Gasteiger partial charge in [0.2, 0.25) is 0 Å². The lowest BCUT2D eigenvalue weighted by molar-refractivity contribution is 0.190. The van der Waals surface area contributed by atoms with Gasteiger partial charge in [0, 0.05) is 5.02 Å². The van der Waals surface area contributed by atoms with E-state index < -0.39 is 11.9 Å². The zero-order chi connectivity index (χ0) is 14.9. The number of aliphatic hydroxyl groups is 1. The smallest absolute Gasteiger partial charge is 0.136 e. The molecule has 1 N–H and O–H groups in total. The Labute approximate surface area is 122 Å². The zero-order valence-electron chi connectivity index (χ0n) is 11.6. The van der Waals surface area contributed by atoms with Crippen molar-refractivity contribution in [1.29, 1.82) is 0 Å². The minimum absolute atomic E-state index is 0.154. The Morgan fingerprint density at radius 2 is 1.80 bits per heavy atom.